The van der Waals surface area contributed by atoms with E-state index in [2.05, 4.69) is 41.3 Å². The smallest absolute Gasteiger partial charge is 0.0930 e. The molecule has 1 fully saturated rings. The maximum Gasteiger partial charge on any atom is 0.0930 e. The number of hydrogen-bond donors (Lipinski definition) is 1. The van der Waals surface area contributed by atoms with Gasteiger partial charge in [0.1, 0.15) is 0 Å². The molecule has 0 spiro atoms. The Balaban J connectivity index is 1.57. The Kier molecular flexibility index (Phi) is 3.83. The Morgan fingerprint density at radius 3 is 1.81 bits per heavy atom. The van der Waals surface area contributed by atoms with Crippen molar-refractivity contribution < 1.29 is 5.11 Å². The molecule has 2 heterocycles. The summed E-state index contributed by atoms with van der Waals surface area (Å²) in [6, 6.07) is 26.8. The Morgan fingerprint density at radius 2 is 1.22 bits per heavy atom. The summed E-state index contributed by atoms with van der Waals surface area (Å²) in [6.07, 6.45) is 1.45. The molecule has 134 valence electrons. The van der Waals surface area contributed by atoms with Crippen LogP contribution in [0.2, 0.25) is 0 Å². The molecule has 1 N–H and O–H groups in total. The van der Waals surface area contributed by atoms with Crippen LogP contribution in [0.5, 0.6) is 0 Å². The van der Waals surface area contributed by atoms with Crippen LogP contribution in [0, 0.1) is 0 Å². The Labute approximate surface area is 158 Å². The first-order chi connectivity index (χ1) is 13.2. The number of rotatable bonds is 2. The molecule has 0 amide bonds. The van der Waals surface area contributed by atoms with E-state index in [1.807, 2.05) is 42.5 Å². The van der Waals surface area contributed by atoms with Gasteiger partial charge in [-0.05, 0) is 30.5 Å². The summed E-state index contributed by atoms with van der Waals surface area (Å²) < 4.78 is 0. The largest absolute Gasteiger partial charge is 0.385 e. The molecule has 1 aliphatic heterocycles. The van der Waals surface area contributed by atoms with E-state index in [1.165, 1.54) is 16.5 Å². The molecule has 5 rings (SSSR count). The van der Waals surface area contributed by atoms with Gasteiger partial charge in [0.05, 0.1) is 22.3 Å². The third-order valence-electron chi connectivity index (χ3n) is 5.78. The van der Waals surface area contributed by atoms with Gasteiger partial charge in [-0.3, -0.25) is 0 Å². The van der Waals surface area contributed by atoms with E-state index in [0.29, 0.717) is 0 Å². The molecular formula is C24H22N2O. The zero-order valence-corrected chi connectivity index (χ0v) is 15.2. The summed E-state index contributed by atoms with van der Waals surface area (Å²) in [5.41, 5.74) is 3.57. The second kappa shape index (κ2) is 6.36. The topological polar surface area (TPSA) is 36.4 Å². The van der Waals surface area contributed by atoms with Crippen molar-refractivity contribution in [1.82, 2.24) is 4.98 Å². The van der Waals surface area contributed by atoms with Gasteiger partial charge in [-0.15, -0.1) is 0 Å². The lowest BCUT2D eigenvalue weighted by molar-refractivity contribution is 0.0118. The van der Waals surface area contributed by atoms with E-state index in [1.54, 1.807) is 0 Å². The number of hydrogen-bond acceptors (Lipinski definition) is 3. The second-order valence-corrected chi connectivity index (χ2v) is 7.38. The van der Waals surface area contributed by atoms with Crippen LogP contribution in [0.3, 0.4) is 0 Å². The van der Waals surface area contributed by atoms with Crippen molar-refractivity contribution in [2.24, 2.45) is 0 Å². The third-order valence-corrected chi connectivity index (χ3v) is 5.78. The van der Waals surface area contributed by atoms with Crippen LogP contribution < -0.4 is 4.90 Å². The van der Waals surface area contributed by atoms with Crippen LogP contribution in [0.15, 0.2) is 78.9 Å². The summed E-state index contributed by atoms with van der Waals surface area (Å²) in [7, 11) is 0. The summed E-state index contributed by atoms with van der Waals surface area (Å²) in [6.45, 7) is 1.65. The molecule has 0 unspecified atom stereocenters. The maximum atomic E-state index is 11.2. The second-order valence-electron chi connectivity index (χ2n) is 7.38. The molecular weight excluding hydrogens is 332 g/mol. The van der Waals surface area contributed by atoms with E-state index >= 15 is 0 Å². The van der Waals surface area contributed by atoms with Gasteiger partial charge in [0.15, 0.2) is 0 Å². The van der Waals surface area contributed by atoms with E-state index in [-0.39, 0.29) is 0 Å². The number of anilines is 1. The van der Waals surface area contributed by atoms with E-state index in [9.17, 15) is 5.11 Å². The van der Waals surface area contributed by atoms with Gasteiger partial charge < -0.3 is 10.0 Å². The number of aliphatic hydroxyl groups is 1. The molecule has 3 heteroatoms. The summed E-state index contributed by atoms with van der Waals surface area (Å²) in [5, 5.41) is 13.6. The van der Waals surface area contributed by atoms with Crippen LogP contribution in [0.4, 0.5) is 5.69 Å². The van der Waals surface area contributed by atoms with Crippen molar-refractivity contribution in [3.63, 3.8) is 0 Å². The maximum absolute atomic E-state index is 11.2. The molecule has 1 saturated heterocycles. The van der Waals surface area contributed by atoms with Crippen molar-refractivity contribution in [3.8, 4) is 0 Å². The minimum absolute atomic E-state index is 0.724. The molecule has 4 aromatic rings. The standard InChI is InChI=1S/C24H22N2O/c27-24(18-8-2-1-3-9-18)14-16-26(17-15-24)23-19-10-4-6-12-21(19)25-22-13-7-5-11-20(22)23/h1-13,27H,14-17H2. The van der Waals surface area contributed by atoms with Crippen LogP contribution in [0.1, 0.15) is 18.4 Å². The summed E-state index contributed by atoms with van der Waals surface area (Å²) in [4.78, 5) is 7.25. The fourth-order valence-corrected chi connectivity index (χ4v) is 4.30. The first kappa shape index (κ1) is 16.3. The molecule has 3 aromatic carbocycles. The normalized spacial score (nSPS) is 16.7. The molecule has 0 atom stereocenters. The predicted molar refractivity (Wildman–Crippen MR) is 111 cm³/mol. The number of fused-ring (bicyclic) bond motifs is 2. The van der Waals surface area contributed by atoms with Crippen LogP contribution >= 0.6 is 0 Å². The van der Waals surface area contributed by atoms with Gasteiger partial charge >= 0.3 is 0 Å². The zero-order valence-electron chi connectivity index (χ0n) is 15.2. The van der Waals surface area contributed by atoms with Gasteiger partial charge in [-0.1, -0.05) is 66.7 Å². The molecule has 0 saturated carbocycles. The SMILES string of the molecule is OC1(c2ccccc2)CCN(c2c3ccccc3nc3ccccc23)CC1. The fourth-order valence-electron chi connectivity index (χ4n) is 4.30. The minimum Gasteiger partial charge on any atom is -0.385 e. The van der Waals surface area contributed by atoms with E-state index in [0.717, 1.165) is 42.5 Å². The highest BCUT2D eigenvalue weighted by Crippen LogP contribution is 2.39. The first-order valence-electron chi connectivity index (χ1n) is 9.55. The lowest BCUT2D eigenvalue weighted by atomic mass is 9.84. The first-order valence-corrected chi connectivity index (χ1v) is 9.55. The van der Waals surface area contributed by atoms with Crippen LogP contribution in [-0.4, -0.2) is 23.2 Å². The Hall–Kier alpha value is -2.91. The van der Waals surface area contributed by atoms with E-state index in [4.69, 9.17) is 4.98 Å². The van der Waals surface area contributed by atoms with Gasteiger partial charge in [-0.25, -0.2) is 4.98 Å². The Morgan fingerprint density at radius 1 is 0.704 bits per heavy atom. The molecule has 0 aliphatic carbocycles. The molecule has 0 bridgehead atoms. The minimum atomic E-state index is -0.740. The highest BCUT2D eigenvalue weighted by atomic mass is 16.3. The number of benzene rings is 3. The Bertz CT molecular complexity index is 1050. The molecule has 1 aliphatic rings. The quantitative estimate of drug-likeness (QED) is 0.522. The number of para-hydroxylation sites is 2. The van der Waals surface area contributed by atoms with Crippen molar-refractivity contribution >= 4 is 27.5 Å². The fraction of sp³-hybridized carbons (Fsp3) is 0.208. The van der Waals surface area contributed by atoms with Crippen molar-refractivity contribution in [2.45, 2.75) is 18.4 Å². The van der Waals surface area contributed by atoms with Gasteiger partial charge in [0.2, 0.25) is 0 Å². The average molecular weight is 354 g/mol. The van der Waals surface area contributed by atoms with Crippen LogP contribution in [0.25, 0.3) is 21.8 Å². The van der Waals surface area contributed by atoms with Gasteiger partial charge in [0, 0.05) is 23.9 Å². The highest BCUT2D eigenvalue weighted by Gasteiger charge is 2.34. The molecule has 1 aromatic heterocycles. The monoisotopic (exact) mass is 354 g/mol. The van der Waals surface area contributed by atoms with Gasteiger partial charge in [-0.2, -0.15) is 0 Å². The summed E-state index contributed by atoms with van der Waals surface area (Å²) in [5.74, 6) is 0. The van der Waals surface area contributed by atoms with Gasteiger partial charge in [0.25, 0.3) is 0 Å². The number of pyridine rings is 1. The number of aromatic nitrogens is 1. The zero-order chi connectivity index (χ0) is 18.3. The third kappa shape index (κ3) is 2.75. The highest BCUT2D eigenvalue weighted by molar-refractivity contribution is 6.07. The lowest BCUT2D eigenvalue weighted by Crippen LogP contribution is -2.42. The van der Waals surface area contributed by atoms with Crippen molar-refractivity contribution in [3.05, 3.63) is 84.4 Å². The number of nitrogens with zero attached hydrogens (tertiary/aromatic N) is 2. The lowest BCUT2D eigenvalue weighted by Gasteiger charge is -2.40. The van der Waals surface area contributed by atoms with E-state index < -0.39 is 5.60 Å². The van der Waals surface area contributed by atoms with Crippen molar-refractivity contribution in [1.29, 1.82) is 0 Å². The predicted octanol–water partition coefficient (Wildman–Crippen LogP) is 4.88. The molecule has 3 nitrogen and oxygen atoms in total. The molecule has 27 heavy (non-hydrogen) atoms. The average Bonchev–Trinajstić information content (AvgIpc) is 2.73. The molecule has 0 radical (unpaired) electrons. The van der Waals surface area contributed by atoms with Crippen molar-refractivity contribution in [2.75, 3.05) is 18.0 Å². The summed E-state index contributed by atoms with van der Waals surface area (Å²) >= 11 is 0. The van der Waals surface area contributed by atoms with Crippen LogP contribution in [-0.2, 0) is 5.60 Å². The number of piperidine rings is 1.